The number of aryl methyl sites for hydroxylation is 1. The zero-order chi connectivity index (χ0) is 13.2. The monoisotopic (exact) mass is 257 g/mol. The van der Waals surface area contributed by atoms with Crippen LogP contribution >= 0.6 is 0 Å². The highest BCUT2D eigenvalue weighted by Gasteiger charge is 2.17. The highest BCUT2D eigenvalue weighted by Crippen LogP contribution is 2.21. The van der Waals surface area contributed by atoms with Gasteiger partial charge in [0, 0.05) is 17.8 Å². The second-order valence-corrected chi connectivity index (χ2v) is 5.83. The Bertz CT molecular complexity index is 550. The second-order valence-electron chi connectivity index (χ2n) is 5.83. The fourth-order valence-corrected chi connectivity index (χ4v) is 3.06. The standard InChI is InChI=1S/C16H23N3/c1-12-8-15-3-2-14(9-16(15)18-12)11-19-6-4-13(10-17)5-7-19/h2-3,8-9,13,18H,4-7,10-11,17H2,1H3. The lowest BCUT2D eigenvalue weighted by Crippen LogP contribution is -2.35. The van der Waals surface area contributed by atoms with Crippen molar-refractivity contribution in [3.05, 3.63) is 35.5 Å². The lowest BCUT2D eigenvalue weighted by molar-refractivity contribution is 0.180. The third-order valence-electron chi connectivity index (χ3n) is 4.27. The predicted octanol–water partition coefficient (Wildman–Crippen LogP) is 2.65. The molecule has 102 valence electrons. The van der Waals surface area contributed by atoms with Gasteiger partial charge in [0.15, 0.2) is 0 Å². The minimum atomic E-state index is 0.741. The van der Waals surface area contributed by atoms with Crippen LogP contribution in [0.3, 0.4) is 0 Å². The molecule has 1 aliphatic heterocycles. The van der Waals surface area contributed by atoms with Crippen molar-refractivity contribution in [3.8, 4) is 0 Å². The van der Waals surface area contributed by atoms with Crippen LogP contribution < -0.4 is 5.73 Å². The molecule has 2 aromatic rings. The number of benzene rings is 1. The number of nitrogens with one attached hydrogen (secondary N) is 1. The van der Waals surface area contributed by atoms with E-state index in [0.29, 0.717) is 0 Å². The molecule has 0 saturated carbocycles. The predicted molar refractivity (Wildman–Crippen MR) is 80.1 cm³/mol. The Morgan fingerprint density at radius 3 is 2.79 bits per heavy atom. The van der Waals surface area contributed by atoms with Crippen LogP contribution in [0.4, 0.5) is 0 Å². The number of aromatic amines is 1. The molecule has 3 N–H and O–H groups in total. The van der Waals surface area contributed by atoms with Crippen molar-refractivity contribution in [2.75, 3.05) is 19.6 Å². The van der Waals surface area contributed by atoms with E-state index < -0.39 is 0 Å². The van der Waals surface area contributed by atoms with E-state index in [2.05, 4.69) is 41.1 Å². The Morgan fingerprint density at radius 2 is 2.05 bits per heavy atom. The Morgan fingerprint density at radius 1 is 1.26 bits per heavy atom. The topological polar surface area (TPSA) is 45.0 Å². The summed E-state index contributed by atoms with van der Waals surface area (Å²) < 4.78 is 0. The number of nitrogens with zero attached hydrogens (tertiary/aromatic N) is 1. The van der Waals surface area contributed by atoms with Crippen molar-refractivity contribution in [1.82, 2.24) is 9.88 Å². The molecule has 0 aliphatic carbocycles. The number of rotatable bonds is 3. The van der Waals surface area contributed by atoms with Gasteiger partial charge < -0.3 is 10.7 Å². The number of nitrogens with two attached hydrogens (primary N) is 1. The first-order valence-corrected chi connectivity index (χ1v) is 7.25. The first kappa shape index (κ1) is 12.7. The molecule has 19 heavy (non-hydrogen) atoms. The van der Waals surface area contributed by atoms with Crippen LogP contribution in [0, 0.1) is 12.8 Å². The molecule has 3 nitrogen and oxygen atoms in total. The molecule has 3 rings (SSSR count). The molecule has 0 atom stereocenters. The van der Waals surface area contributed by atoms with Crippen molar-refractivity contribution in [3.63, 3.8) is 0 Å². The zero-order valence-corrected chi connectivity index (χ0v) is 11.7. The summed E-state index contributed by atoms with van der Waals surface area (Å²) in [5.41, 5.74) is 9.64. The molecule has 0 bridgehead atoms. The van der Waals surface area contributed by atoms with Crippen molar-refractivity contribution in [2.45, 2.75) is 26.3 Å². The summed E-state index contributed by atoms with van der Waals surface area (Å²) in [5, 5.41) is 1.31. The second kappa shape index (κ2) is 5.35. The van der Waals surface area contributed by atoms with Crippen LogP contribution in [0.5, 0.6) is 0 Å². The van der Waals surface area contributed by atoms with Gasteiger partial charge in [0.2, 0.25) is 0 Å². The van der Waals surface area contributed by atoms with Gasteiger partial charge in [0.05, 0.1) is 0 Å². The van der Waals surface area contributed by atoms with Gasteiger partial charge in [-0.15, -0.1) is 0 Å². The number of piperidine rings is 1. The van der Waals surface area contributed by atoms with Gasteiger partial charge in [-0.05, 0) is 68.4 Å². The van der Waals surface area contributed by atoms with E-state index in [1.54, 1.807) is 0 Å². The lowest BCUT2D eigenvalue weighted by atomic mass is 9.97. The molecule has 0 radical (unpaired) electrons. The van der Waals surface area contributed by atoms with Gasteiger partial charge in [0.25, 0.3) is 0 Å². The van der Waals surface area contributed by atoms with Crippen LogP contribution in [-0.4, -0.2) is 29.5 Å². The third-order valence-corrected chi connectivity index (χ3v) is 4.27. The minimum absolute atomic E-state index is 0.741. The largest absolute Gasteiger partial charge is 0.359 e. The number of H-pyrrole nitrogens is 1. The van der Waals surface area contributed by atoms with E-state index in [9.17, 15) is 0 Å². The van der Waals surface area contributed by atoms with Crippen LogP contribution in [-0.2, 0) is 6.54 Å². The molecule has 1 fully saturated rings. The Kier molecular flexibility index (Phi) is 3.58. The summed E-state index contributed by atoms with van der Waals surface area (Å²) in [6.45, 7) is 6.39. The van der Waals surface area contributed by atoms with Gasteiger partial charge in [-0.2, -0.15) is 0 Å². The number of hydrogen-bond acceptors (Lipinski definition) is 2. The number of likely N-dealkylation sites (tertiary alicyclic amines) is 1. The maximum Gasteiger partial charge on any atom is 0.0459 e. The van der Waals surface area contributed by atoms with Crippen LogP contribution in [0.2, 0.25) is 0 Å². The van der Waals surface area contributed by atoms with Crippen LogP contribution in [0.1, 0.15) is 24.1 Å². The average molecular weight is 257 g/mol. The van der Waals surface area contributed by atoms with Gasteiger partial charge in [-0.25, -0.2) is 0 Å². The van der Waals surface area contributed by atoms with E-state index in [-0.39, 0.29) is 0 Å². The molecule has 0 amide bonds. The van der Waals surface area contributed by atoms with Gasteiger partial charge in [0.1, 0.15) is 0 Å². The molecule has 3 heteroatoms. The summed E-state index contributed by atoms with van der Waals surface area (Å²) in [6, 6.07) is 8.97. The van der Waals surface area contributed by atoms with Crippen LogP contribution in [0.25, 0.3) is 10.9 Å². The van der Waals surface area contributed by atoms with Gasteiger partial charge >= 0.3 is 0 Å². The molecule has 1 saturated heterocycles. The van der Waals surface area contributed by atoms with E-state index >= 15 is 0 Å². The zero-order valence-electron chi connectivity index (χ0n) is 11.7. The molecular weight excluding hydrogens is 234 g/mol. The summed E-state index contributed by atoms with van der Waals surface area (Å²) in [6.07, 6.45) is 2.50. The van der Waals surface area contributed by atoms with E-state index in [4.69, 9.17) is 5.73 Å². The van der Waals surface area contributed by atoms with Crippen LogP contribution in [0.15, 0.2) is 24.3 Å². The summed E-state index contributed by atoms with van der Waals surface area (Å²) in [5.74, 6) is 0.741. The van der Waals surface area contributed by atoms with Gasteiger partial charge in [-0.1, -0.05) is 12.1 Å². The Balaban J connectivity index is 1.68. The molecular formula is C16H23N3. The fraction of sp³-hybridized carbons (Fsp3) is 0.500. The molecule has 1 aromatic carbocycles. The highest BCUT2D eigenvalue weighted by molar-refractivity contribution is 5.80. The van der Waals surface area contributed by atoms with Crippen molar-refractivity contribution in [2.24, 2.45) is 11.7 Å². The maximum absolute atomic E-state index is 5.74. The smallest absolute Gasteiger partial charge is 0.0459 e. The normalized spacial score (nSPS) is 18.2. The molecule has 1 aliphatic rings. The first-order valence-electron chi connectivity index (χ1n) is 7.25. The quantitative estimate of drug-likeness (QED) is 0.888. The summed E-state index contributed by atoms with van der Waals surface area (Å²) in [4.78, 5) is 5.96. The summed E-state index contributed by atoms with van der Waals surface area (Å²) in [7, 11) is 0. The van der Waals surface area contributed by atoms with Crippen molar-refractivity contribution >= 4 is 10.9 Å². The number of aromatic nitrogens is 1. The highest BCUT2D eigenvalue weighted by atomic mass is 15.1. The fourth-order valence-electron chi connectivity index (χ4n) is 3.06. The molecule has 2 heterocycles. The van der Waals surface area contributed by atoms with Crippen molar-refractivity contribution < 1.29 is 0 Å². The Hall–Kier alpha value is -1.32. The maximum atomic E-state index is 5.74. The van der Waals surface area contributed by atoms with Gasteiger partial charge in [-0.3, -0.25) is 4.90 Å². The molecule has 1 aromatic heterocycles. The van der Waals surface area contributed by atoms with Crippen molar-refractivity contribution in [1.29, 1.82) is 0 Å². The van der Waals surface area contributed by atoms with E-state index in [0.717, 1.165) is 19.0 Å². The molecule has 0 unspecified atom stereocenters. The lowest BCUT2D eigenvalue weighted by Gasteiger charge is -2.31. The summed E-state index contributed by atoms with van der Waals surface area (Å²) >= 11 is 0. The average Bonchev–Trinajstić information content (AvgIpc) is 2.79. The SMILES string of the molecule is Cc1cc2ccc(CN3CCC(CN)CC3)cc2[nH]1. The Labute approximate surface area is 114 Å². The minimum Gasteiger partial charge on any atom is -0.359 e. The number of hydrogen-bond donors (Lipinski definition) is 2. The number of fused-ring (bicyclic) bond motifs is 1. The third kappa shape index (κ3) is 2.82. The molecule has 0 spiro atoms. The first-order chi connectivity index (χ1) is 9.24. The van der Waals surface area contributed by atoms with E-state index in [1.807, 2.05) is 0 Å². The van der Waals surface area contributed by atoms with E-state index in [1.165, 1.54) is 48.1 Å².